The smallest absolute Gasteiger partial charge is 0.00700 e. The molecule has 15 heavy (non-hydrogen) atoms. The van der Waals surface area contributed by atoms with E-state index in [2.05, 4.69) is 18.7 Å². The monoisotopic (exact) mass is 210 g/mol. The molecule has 1 aliphatic heterocycles. The molecule has 1 saturated heterocycles. The lowest BCUT2D eigenvalue weighted by Gasteiger charge is -2.24. The van der Waals surface area contributed by atoms with Crippen molar-refractivity contribution in [2.24, 2.45) is 17.6 Å². The predicted molar refractivity (Wildman–Crippen MR) is 64.7 cm³/mol. The lowest BCUT2D eigenvalue weighted by molar-refractivity contribution is 0.239. The number of rotatable bonds is 3. The van der Waals surface area contributed by atoms with Gasteiger partial charge in [0.2, 0.25) is 0 Å². The summed E-state index contributed by atoms with van der Waals surface area (Å²) < 4.78 is 0. The van der Waals surface area contributed by atoms with Crippen LogP contribution >= 0.6 is 0 Å². The summed E-state index contributed by atoms with van der Waals surface area (Å²) in [5, 5.41) is 0. The fourth-order valence-corrected chi connectivity index (χ4v) is 3.45. The minimum Gasteiger partial charge on any atom is -0.327 e. The van der Waals surface area contributed by atoms with E-state index in [9.17, 15) is 0 Å². The van der Waals surface area contributed by atoms with Crippen molar-refractivity contribution in [2.45, 2.75) is 58.0 Å². The highest BCUT2D eigenvalue weighted by molar-refractivity contribution is 4.84. The highest BCUT2D eigenvalue weighted by Gasteiger charge is 2.28. The SMILES string of the molecule is CC1CC(C)N(CCC2CCCC2N)C1. The normalized spacial score (nSPS) is 42.6. The van der Waals surface area contributed by atoms with Crippen molar-refractivity contribution in [1.82, 2.24) is 4.90 Å². The molecular formula is C13H26N2. The summed E-state index contributed by atoms with van der Waals surface area (Å²) >= 11 is 0. The summed E-state index contributed by atoms with van der Waals surface area (Å²) in [5.74, 6) is 1.71. The van der Waals surface area contributed by atoms with E-state index in [1.165, 1.54) is 45.2 Å². The second-order valence-electron chi connectivity index (χ2n) is 5.83. The van der Waals surface area contributed by atoms with E-state index >= 15 is 0 Å². The first-order chi connectivity index (χ1) is 7.16. The molecule has 2 aliphatic rings. The van der Waals surface area contributed by atoms with Gasteiger partial charge in [-0.1, -0.05) is 13.3 Å². The van der Waals surface area contributed by atoms with Gasteiger partial charge in [0.1, 0.15) is 0 Å². The van der Waals surface area contributed by atoms with Crippen LogP contribution in [-0.2, 0) is 0 Å². The first kappa shape index (κ1) is 11.4. The van der Waals surface area contributed by atoms with E-state index < -0.39 is 0 Å². The van der Waals surface area contributed by atoms with Crippen LogP contribution < -0.4 is 5.73 Å². The first-order valence-electron chi connectivity index (χ1n) is 6.66. The van der Waals surface area contributed by atoms with Crippen molar-refractivity contribution in [2.75, 3.05) is 13.1 Å². The summed E-state index contributed by atoms with van der Waals surface area (Å²) in [6.07, 6.45) is 6.71. The van der Waals surface area contributed by atoms with Crippen molar-refractivity contribution in [3.63, 3.8) is 0 Å². The van der Waals surface area contributed by atoms with Gasteiger partial charge in [-0.2, -0.15) is 0 Å². The fourth-order valence-electron chi connectivity index (χ4n) is 3.45. The lowest BCUT2D eigenvalue weighted by atomic mass is 10.00. The van der Waals surface area contributed by atoms with Crippen LogP contribution in [0.4, 0.5) is 0 Å². The van der Waals surface area contributed by atoms with Crippen molar-refractivity contribution in [3.8, 4) is 0 Å². The van der Waals surface area contributed by atoms with Crippen LogP contribution in [0.3, 0.4) is 0 Å². The quantitative estimate of drug-likeness (QED) is 0.774. The molecule has 1 saturated carbocycles. The third-order valence-corrected chi connectivity index (χ3v) is 4.42. The van der Waals surface area contributed by atoms with E-state index in [1.807, 2.05) is 0 Å². The van der Waals surface area contributed by atoms with Crippen LogP contribution in [-0.4, -0.2) is 30.1 Å². The second kappa shape index (κ2) is 4.84. The Hall–Kier alpha value is -0.0800. The minimum atomic E-state index is 0.500. The maximum absolute atomic E-state index is 6.11. The van der Waals surface area contributed by atoms with Gasteiger partial charge < -0.3 is 10.6 Å². The van der Waals surface area contributed by atoms with Crippen molar-refractivity contribution < 1.29 is 0 Å². The van der Waals surface area contributed by atoms with Crippen LogP contribution in [0, 0.1) is 11.8 Å². The maximum Gasteiger partial charge on any atom is 0.00700 e. The Kier molecular flexibility index (Phi) is 3.68. The molecule has 0 aromatic rings. The fraction of sp³-hybridized carbons (Fsp3) is 1.00. The average Bonchev–Trinajstić information content (AvgIpc) is 2.70. The standard InChI is InChI=1S/C13H26N2/c1-10-8-11(2)15(9-10)7-6-12-4-3-5-13(12)14/h10-13H,3-9,14H2,1-2H3. The molecule has 0 amide bonds. The zero-order valence-corrected chi connectivity index (χ0v) is 10.3. The summed E-state index contributed by atoms with van der Waals surface area (Å²) in [5.41, 5.74) is 6.11. The molecule has 2 fully saturated rings. The molecular weight excluding hydrogens is 184 g/mol. The van der Waals surface area contributed by atoms with Gasteiger partial charge in [-0.25, -0.2) is 0 Å². The van der Waals surface area contributed by atoms with Gasteiger partial charge >= 0.3 is 0 Å². The Bertz CT molecular complexity index is 205. The molecule has 88 valence electrons. The molecule has 0 aromatic heterocycles. The van der Waals surface area contributed by atoms with Crippen LogP contribution in [0.25, 0.3) is 0 Å². The molecule has 0 bridgehead atoms. The largest absolute Gasteiger partial charge is 0.327 e. The van der Waals surface area contributed by atoms with Crippen LogP contribution in [0.2, 0.25) is 0 Å². The van der Waals surface area contributed by atoms with E-state index in [1.54, 1.807) is 0 Å². The average molecular weight is 210 g/mol. The Balaban J connectivity index is 1.73. The summed E-state index contributed by atoms with van der Waals surface area (Å²) in [6.45, 7) is 7.34. The molecule has 0 aromatic carbocycles. The van der Waals surface area contributed by atoms with Gasteiger partial charge in [0.15, 0.2) is 0 Å². The zero-order valence-electron chi connectivity index (χ0n) is 10.3. The molecule has 2 heteroatoms. The number of nitrogens with two attached hydrogens (primary N) is 1. The molecule has 0 spiro atoms. The maximum atomic E-state index is 6.11. The third-order valence-electron chi connectivity index (χ3n) is 4.42. The third kappa shape index (κ3) is 2.73. The van der Waals surface area contributed by atoms with E-state index in [4.69, 9.17) is 5.73 Å². The summed E-state index contributed by atoms with van der Waals surface area (Å²) in [7, 11) is 0. The van der Waals surface area contributed by atoms with Gasteiger partial charge in [0.05, 0.1) is 0 Å². The Labute approximate surface area is 94.2 Å². The predicted octanol–water partition coefficient (Wildman–Crippen LogP) is 2.23. The van der Waals surface area contributed by atoms with Crippen molar-refractivity contribution in [3.05, 3.63) is 0 Å². The van der Waals surface area contributed by atoms with E-state index in [-0.39, 0.29) is 0 Å². The highest BCUT2D eigenvalue weighted by atomic mass is 15.2. The molecule has 1 heterocycles. The van der Waals surface area contributed by atoms with Crippen molar-refractivity contribution >= 4 is 0 Å². The highest BCUT2D eigenvalue weighted by Crippen LogP contribution is 2.29. The van der Waals surface area contributed by atoms with E-state index in [0.717, 1.165) is 17.9 Å². The van der Waals surface area contributed by atoms with Gasteiger partial charge in [-0.15, -0.1) is 0 Å². The van der Waals surface area contributed by atoms with Crippen LogP contribution in [0.15, 0.2) is 0 Å². The van der Waals surface area contributed by atoms with Crippen LogP contribution in [0.1, 0.15) is 46.0 Å². The topological polar surface area (TPSA) is 29.3 Å². The Morgan fingerprint density at radius 3 is 2.60 bits per heavy atom. The molecule has 4 atom stereocenters. The number of nitrogens with zero attached hydrogens (tertiary/aromatic N) is 1. The van der Waals surface area contributed by atoms with Crippen molar-refractivity contribution in [1.29, 1.82) is 0 Å². The molecule has 2 nitrogen and oxygen atoms in total. The minimum absolute atomic E-state index is 0.500. The lowest BCUT2D eigenvalue weighted by Crippen LogP contribution is -2.32. The van der Waals surface area contributed by atoms with E-state index in [0.29, 0.717) is 6.04 Å². The van der Waals surface area contributed by atoms with Gasteiger partial charge in [0, 0.05) is 18.6 Å². The molecule has 2 N–H and O–H groups in total. The molecule has 4 unspecified atom stereocenters. The molecule has 2 rings (SSSR count). The molecule has 0 radical (unpaired) electrons. The number of hydrogen-bond donors (Lipinski definition) is 1. The Morgan fingerprint density at radius 1 is 1.27 bits per heavy atom. The Morgan fingerprint density at radius 2 is 2.07 bits per heavy atom. The van der Waals surface area contributed by atoms with Gasteiger partial charge in [-0.3, -0.25) is 0 Å². The summed E-state index contributed by atoms with van der Waals surface area (Å²) in [6, 6.07) is 1.30. The summed E-state index contributed by atoms with van der Waals surface area (Å²) in [4.78, 5) is 2.66. The van der Waals surface area contributed by atoms with Gasteiger partial charge in [0.25, 0.3) is 0 Å². The van der Waals surface area contributed by atoms with Crippen LogP contribution in [0.5, 0.6) is 0 Å². The second-order valence-corrected chi connectivity index (χ2v) is 5.83. The first-order valence-corrected chi connectivity index (χ1v) is 6.66. The van der Waals surface area contributed by atoms with Gasteiger partial charge in [-0.05, 0) is 51.0 Å². The zero-order chi connectivity index (χ0) is 10.8. The molecule has 1 aliphatic carbocycles. The number of hydrogen-bond acceptors (Lipinski definition) is 2. The number of likely N-dealkylation sites (tertiary alicyclic amines) is 1.